The highest BCUT2D eigenvalue weighted by Gasteiger charge is 2.27. The van der Waals surface area contributed by atoms with Gasteiger partial charge in [-0.15, -0.1) is 0 Å². The summed E-state index contributed by atoms with van der Waals surface area (Å²) in [7, 11) is 0. The molecule has 5 N–H and O–H groups in total. The predicted molar refractivity (Wildman–Crippen MR) is 535 cm³/mol. The average Bonchev–Trinajstić information content (AvgIpc) is 0.895. The molecule has 122 heavy (non-hydrogen) atoms. The maximum absolute atomic E-state index is 12.4. The van der Waals surface area contributed by atoms with E-state index in [9.17, 15) is 29.1 Å². The summed E-state index contributed by atoms with van der Waals surface area (Å²) in [4.78, 5) is 54.2. The Morgan fingerprint density at radius 3 is 0.426 bits per heavy atom. The summed E-state index contributed by atoms with van der Waals surface area (Å²) < 4.78 is 0. The number of allylic oxidation sites excluding steroid dienone is 2. The van der Waals surface area contributed by atoms with E-state index in [1.165, 1.54) is 520 Å². The molecular weight excluding hydrogens is 1510 g/mol. The van der Waals surface area contributed by atoms with Gasteiger partial charge in [0.15, 0.2) is 0 Å². The van der Waals surface area contributed by atoms with Crippen LogP contribution in [-0.2, 0) is 24.0 Å². The zero-order chi connectivity index (χ0) is 89.8. The van der Waals surface area contributed by atoms with Crippen LogP contribution < -0.4 is 0 Å². The van der Waals surface area contributed by atoms with Crippen molar-refractivity contribution in [3.63, 3.8) is 0 Å². The fourth-order valence-corrected chi connectivity index (χ4v) is 17.8. The first kappa shape index (κ1) is 125. The number of hydrogen-bond acceptors (Lipinski definition) is 5. The largest absolute Gasteiger partial charge is 0.481 e. The van der Waals surface area contributed by atoms with Crippen molar-refractivity contribution in [2.24, 2.45) is 11.8 Å². The number of carboxylic acids is 5. The molecular formula is C112H220O10. The van der Waals surface area contributed by atoms with Crippen LogP contribution in [0.15, 0.2) is 12.2 Å². The lowest BCUT2D eigenvalue weighted by Crippen LogP contribution is -2.24. The van der Waals surface area contributed by atoms with Crippen molar-refractivity contribution in [2.45, 2.75) is 664 Å². The van der Waals surface area contributed by atoms with Crippen molar-refractivity contribution in [3.05, 3.63) is 12.2 Å². The average molecular weight is 1730 g/mol. The minimum absolute atomic E-state index is 0.151. The molecule has 0 amide bonds. The molecule has 0 aromatic rings. The lowest BCUT2D eigenvalue weighted by Gasteiger charge is -2.24. The third-order valence-electron chi connectivity index (χ3n) is 26.0. The lowest BCUT2D eigenvalue weighted by molar-refractivity contribution is -0.144. The second-order valence-corrected chi connectivity index (χ2v) is 38.4. The van der Waals surface area contributed by atoms with Gasteiger partial charge in [0.25, 0.3) is 0 Å². The molecule has 2 atom stereocenters. The predicted octanol–water partition coefficient (Wildman–Crippen LogP) is 39.5. The molecule has 728 valence electrons. The summed E-state index contributed by atoms with van der Waals surface area (Å²) >= 11 is 0. The fraction of sp³-hybridized carbons (Fsp3) is 0.938. The van der Waals surface area contributed by atoms with Crippen LogP contribution in [0, 0.1) is 11.8 Å². The van der Waals surface area contributed by atoms with Gasteiger partial charge in [-0.1, -0.05) is 580 Å². The zero-order valence-corrected chi connectivity index (χ0v) is 83.4. The molecule has 0 saturated heterocycles. The second kappa shape index (κ2) is 116. The summed E-state index contributed by atoms with van der Waals surface area (Å²) in [6.07, 6.45) is 130. The molecule has 10 nitrogen and oxygen atoms in total. The van der Waals surface area contributed by atoms with Gasteiger partial charge in [0.05, 0.1) is 5.92 Å². The normalized spacial score (nSPS) is 11.8. The highest BCUT2D eigenvalue weighted by atomic mass is 16.4. The Morgan fingerprint density at radius 2 is 0.287 bits per heavy atom. The number of aliphatic carboxylic acids is 5. The third kappa shape index (κ3) is 123. The SMILES string of the molecule is CCCCCCCC/C=C\CCCCCCCCCCCCC(C(=O)O)C(CCCCCCC)CCCCCCCCCCCCCC(=O)O.CCCCCCCCCCCCCCCCCCCCCC(=O)O.CCCCCCCCCCCCCCCCCCCCCC(=O)O.CCCCCCCCCCCCCCCCCCCCCC(=O)O. The van der Waals surface area contributed by atoms with E-state index in [4.69, 9.17) is 20.4 Å². The van der Waals surface area contributed by atoms with Crippen LogP contribution in [0.2, 0.25) is 0 Å². The quantitative estimate of drug-likeness (QED) is 0.0290. The molecule has 0 saturated carbocycles. The maximum atomic E-state index is 12.4. The Bertz CT molecular complexity index is 1880. The molecule has 0 aliphatic heterocycles. The standard InChI is InChI=1S/C46H88O4.3C22H44O2/c1-3-5-7-9-10-11-12-13-14-15-16-17-18-19-20-23-26-29-33-37-41-44(46(49)50)43(39-35-31-8-6-4-2)40-36-32-28-25-22-21-24-27-30-34-38-42-45(47)48;3*1-2-3-4-5-6-7-8-9-10-11-12-13-14-15-16-17-18-19-20-21-22(23)24/h13-14,43-44H,3-12,15-42H2,1-2H3,(H,47,48)(H,49,50);3*2-21H2,1H3,(H,23,24)/b14-13-;;;. The number of hydrogen-bond donors (Lipinski definition) is 5. The summed E-state index contributed by atoms with van der Waals surface area (Å²) in [6.45, 7) is 11.4. The lowest BCUT2D eigenvalue weighted by atomic mass is 9.80. The summed E-state index contributed by atoms with van der Waals surface area (Å²) in [5.41, 5.74) is 0. The Hall–Kier alpha value is -2.91. The Balaban J connectivity index is -0.000000817. The van der Waals surface area contributed by atoms with Gasteiger partial charge in [-0.05, 0) is 76.5 Å². The molecule has 0 aliphatic rings. The molecule has 0 aromatic carbocycles. The highest BCUT2D eigenvalue weighted by molar-refractivity contribution is 5.70. The molecule has 0 rings (SSSR count). The monoisotopic (exact) mass is 1730 g/mol. The minimum atomic E-state index is -0.674. The van der Waals surface area contributed by atoms with E-state index in [-0.39, 0.29) is 5.92 Å². The maximum Gasteiger partial charge on any atom is 0.306 e. The topological polar surface area (TPSA) is 186 Å². The number of carboxylic acid groups (broad SMARTS) is 5. The molecule has 0 bridgehead atoms. The summed E-state index contributed by atoms with van der Waals surface area (Å²) in [5.74, 6) is -2.97. The third-order valence-corrected chi connectivity index (χ3v) is 26.0. The Kier molecular flexibility index (Phi) is 119. The van der Waals surface area contributed by atoms with Crippen LogP contribution in [0.3, 0.4) is 0 Å². The van der Waals surface area contributed by atoms with Gasteiger partial charge in [0.2, 0.25) is 0 Å². The first-order valence-electron chi connectivity index (χ1n) is 55.6. The van der Waals surface area contributed by atoms with Crippen LogP contribution in [0.1, 0.15) is 664 Å². The van der Waals surface area contributed by atoms with Crippen LogP contribution >= 0.6 is 0 Å². The number of unbranched alkanes of at least 4 members (excludes halogenated alkanes) is 84. The van der Waals surface area contributed by atoms with Crippen molar-refractivity contribution >= 4 is 29.8 Å². The minimum Gasteiger partial charge on any atom is -0.481 e. The van der Waals surface area contributed by atoms with Crippen molar-refractivity contribution in [3.8, 4) is 0 Å². The van der Waals surface area contributed by atoms with E-state index < -0.39 is 29.8 Å². The van der Waals surface area contributed by atoms with Crippen molar-refractivity contribution < 1.29 is 49.5 Å². The molecule has 2 unspecified atom stereocenters. The number of rotatable bonds is 102. The summed E-state index contributed by atoms with van der Waals surface area (Å²) in [6, 6.07) is 0. The van der Waals surface area contributed by atoms with Gasteiger partial charge in [-0.3, -0.25) is 24.0 Å². The van der Waals surface area contributed by atoms with Gasteiger partial charge in [0.1, 0.15) is 0 Å². The van der Waals surface area contributed by atoms with Crippen molar-refractivity contribution in [2.75, 3.05) is 0 Å². The van der Waals surface area contributed by atoms with E-state index in [1.54, 1.807) is 0 Å². The van der Waals surface area contributed by atoms with Crippen LogP contribution in [0.5, 0.6) is 0 Å². The molecule has 0 aromatic heterocycles. The van der Waals surface area contributed by atoms with E-state index in [1.807, 2.05) is 0 Å². The van der Waals surface area contributed by atoms with Crippen molar-refractivity contribution in [1.82, 2.24) is 0 Å². The van der Waals surface area contributed by atoms with Gasteiger partial charge < -0.3 is 25.5 Å². The van der Waals surface area contributed by atoms with E-state index >= 15 is 0 Å². The van der Waals surface area contributed by atoms with Gasteiger partial charge in [-0.2, -0.15) is 0 Å². The number of carbonyl (C=O) groups is 5. The van der Waals surface area contributed by atoms with E-state index in [2.05, 4.69) is 46.8 Å². The van der Waals surface area contributed by atoms with Gasteiger partial charge >= 0.3 is 29.8 Å². The van der Waals surface area contributed by atoms with Gasteiger partial charge in [0, 0.05) is 25.7 Å². The van der Waals surface area contributed by atoms with Gasteiger partial charge in [-0.25, -0.2) is 0 Å². The molecule has 0 heterocycles. The zero-order valence-electron chi connectivity index (χ0n) is 83.4. The molecule has 0 fully saturated rings. The van der Waals surface area contributed by atoms with E-state index in [0.29, 0.717) is 31.6 Å². The molecule has 0 spiro atoms. The highest BCUT2D eigenvalue weighted by Crippen LogP contribution is 2.31. The smallest absolute Gasteiger partial charge is 0.306 e. The van der Waals surface area contributed by atoms with Crippen LogP contribution in [0.25, 0.3) is 0 Å². The first-order valence-corrected chi connectivity index (χ1v) is 55.6. The van der Waals surface area contributed by atoms with Crippen LogP contribution in [-0.4, -0.2) is 55.4 Å². The fourth-order valence-electron chi connectivity index (χ4n) is 17.8. The van der Waals surface area contributed by atoms with E-state index in [0.717, 1.165) is 83.5 Å². The molecule has 0 radical (unpaired) electrons. The Morgan fingerprint density at radius 1 is 0.164 bits per heavy atom. The van der Waals surface area contributed by atoms with Crippen LogP contribution in [0.4, 0.5) is 0 Å². The first-order chi connectivity index (χ1) is 59.8. The molecule has 0 aliphatic carbocycles. The Labute approximate surface area is 762 Å². The summed E-state index contributed by atoms with van der Waals surface area (Å²) in [5, 5.41) is 44.6. The van der Waals surface area contributed by atoms with Crippen molar-refractivity contribution in [1.29, 1.82) is 0 Å². The second-order valence-electron chi connectivity index (χ2n) is 38.4. The molecule has 10 heteroatoms.